The number of carboxylic acids is 1. The molecule has 0 bridgehead atoms. The average Bonchev–Trinajstić information content (AvgIpc) is 3.28. The molecule has 1 aliphatic rings. The minimum atomic E-state index is -2.67. The van der Waals surface area contributed by atoms with Gasteiger partial charge >= 0.3 is 11.7 Å². The molecule has 2 N–H and O–H groups in total. The van der Waals surface area contributed by atoms with Crippen LogP contribution in [0.25, 0.3) is 16.6 Å². The molecule has 4 heterocycles. The molecular formula is C21H22FN7O3. The summed E-state index contributed by atoms with van der Waals surface area (Å²) in [6.45, 7) is 0.876. The standard InChI is InChI=1S/C21H22FN7O3/c1-11(2)28-14-6-17(23-10-15(14)27(3)20(28)32)25-16-5-4-13-9-24-18(29(13)26-16)21(19(30)31)7-12(22)8-21/h4-6,9-12H,7-8H2,1-3H3,(H,30,31)(H,23,25,26)/i3D3. The van der Waals surface area contributed by atoms with E-state index in [1.54, 1.807) is 32.0 Å². The van der Waals surface area contributed by atoms with Crippen LogP contribution in [0.3, 0.4) is 0 Å². The molecule has 4 aromatic heterocycles. The van der Waals surface area contributed by atoms with E-state index >= 15 is 0 Å². The molecule has 0 aliphatic heterocycles. The van der Waals surface area contributed by atoms with Crippen molar-refractivity contribution in [3.05, 3.63) is 46.9 Å². The van der Waals surface area contributed by atoms with Crippen molar-refractivity contribution in [2.75, 3.05) is 5.32 Å². The second kappa shape index (κ2) is 6.87. The summed E-state index contributed by atoms with van der Waals surface area (Å²) >= 11 is 0. The Morgan fingerprint density at radius 3 is 2.72 bits per heavy atom. The lowest BCUT2D eigenvalue weighted by Gasteiger charge is -2.38. The van der Waals surface area contributed by atoms with Gasteiger partial charge in [0, 0.05) is 36.0 Å². The van der Waals surface area contributed by atoms with E-state index in [9.17, 15) is 19.1 Å². The molecule has 1 fully saturated rings. The van der Waals surface area contributed by atoms with Gasteiger partial charge in [-0.25, -0.2) is 23.7 Å². The summed E-state index contributed by atoms with van der Waals surface area (Å²) in [5.41, 5.74) is -1.01. The summed E-state index contributed by atoms with van der Waals surface area (Å²) in [7, 11) is 0. The zero-order valence-electron chi connectivity index (χ0n) is 20.3. The normalized spacial score (nSPS) is 22.5. The number of aryl methyl sites for hydroxylation is 1. The van der Waals surface area contributed by atoms with E-state index in [1.165, 1.54) is 21.5 Å². The maximum absolute atomic E-state index is 13.6. The topological polar surface area (TPSA) is 119 Å². The Morgan fingerprint density at radius 1 is 1.28 bits per heavy atom. The molecule has 4 aromatic rings. The van der Waals surface area contributed by atoms with E-state index in [4.69, 9.17) is 4.11 Å². The summed E-state index contributed by atoms with van der Waals surface area (Å²) in [6.07, 6.45) is 1.22. The van der Waals surface area contributed by atoms with Crippen molar-refractivity contribution >= 4 is 34.2 Å². The Morgan fingerprint density at radius 2 is 2.06 bits per heavy atom. The van der Waals surface area contributed by atoms with Crippen LogP contribution >= 0.6 is 0 Å². The number of fused-ring (bicyclic) bond motifs is 2. The van der Waals surface area contributed by atoms with Crippen LogP contribution in [0.2, 0.25) is 0 Å². The fourth-order valence-corrected chi connectivity index (χ4v) is 4.24. The van der Waals surface area contributed by atoms with Crippen molar-refractivity contribution in [2.45, 2.75) is 44.3 Å². The molecule has 0 amide bonds. The van der Waals surface area contributed by atoms with Crippen LogP contribution in [0.15, 0.2) is 35.4 Å². The van der Waals surface area contributed by atoms with Crippen molar-refractivity contribution in [3.8, 4) is 0 Å². The second-order valence-electron chi connectivity index (χ2n) is 8.29. The number of aliphatic carboxylic acids is 1. The predicted molar refractivity (Wildman–Crippen MR) is 115 cm³/mol. The van der Waals surface area contributed by atoms with Gasteiger partial charge in [0.1, 0.15) is 23.2 Å². The minimum absolute atomic E-state index is 0.143. The molecule has 1 saturated carbocycles. The van der Waals surface area contributed by atoms with E-state index in [0.29, 0.717) is 22.7 Å². The highest BCUT2D eigenvalue weighted by molar-refractivity contribution is 5.82. The number of pyridine rings is 1. The molecule has 0 aromatic carbocycles. The van der Waals surface area contributed by atoms with Crippen LogP contribution in [0, 0.1) is 0 Å². The number of rotatable bonds is 5. The van der Waals surface area contributed by atoms with Crippen LogP contribution in [-0.2, 0) is 17.2 Å². The molecule has 11 heteroatoms. The number of anilines is 2. The molecular weight excluding hydrogens is 417 g/mol. The van der Waals surface area contributed by atoms with Crippen molar-refractivity contribution in [2.24, 2.45) is 6.98 Å². The number of imidazole rings is 2. The Kier molecular flexibility index (Phi) is 3.62. The van der Waals surface area contributed by atoms with Crippen molar-refractivity contribution in [3.63, 3.8) is 0 Å². The number of hydrogen-bond acceptors (Lipinski definition) is 6. The molecule has 166 valence electrons. The van der Waals surface area contributed by atoms with E-state index in [2.05, 4.69) is 20.4 Å². The Balaban J connectivity index is 1.57. The number of nitrogens with one attached hydrogen (secondary N) is 1. The lowest BCUT2D eigenvalue weighted by molar-refractivity contribution is -0.151. The number of nitrogens with zero attached hydrogens (tertiary/aromatic N) is 6. The number of carboxylic acid groups (broad SMARTS) is 1. The average molecular weight is 442 g/mol. The molecule has 0 radical (unpaired) electrons. The highest BCUT2D eigenvalue weighted by Gasteiger charge is 2.55. The first-order valence-electron chi connectivity index (χ1n) is 11.6. The maximum Gasteiger partial charge on any atom is 0.329 e. The molecule has 10 nitrogen and oxygen atoms in total. The van der Waals surface area contributed by atoms with Crippen LogP contribution < -0.4 is 11.0 Å². The first kappa shape index (κ1) is 16.9. The molecule has 5 rings (SSSR count). The van der Waals surface area contributed by atoms with Gasteiger partial charge in [-0.15, -0.1) is 5.10 Å². The number of aromatic nitrogens is 6. The molecule has 0 spiro atoms. The zero-order chi connectivity index (χ0) is 25.3. The molecule has 1 aliphatic carbocycles. The second-order valence-corrected chi connectivity index (χ2v) is 8.29. The lowest BCUT2D eigenvalue weighted by atomic mass is 9.67. The Hall–Kier alpha value is -3.76. The number of alkyl halides is 1. The number of halogens is 1. The first-order valence-corrected chi connectivity index (χ1v) is 10.1. The van der Waals surface area contributed by atoms with Crippen LogP contribution in [0.4, 0.5) is 16.0 Å². The predicted octanol–water partition coefficient (Wildman–Crippen LogP) is 2.56. The Bertz CT molecular complexity index is 1530. The van der Waals surface area contributed by atoms with Gasteiger partial charge in [-0.2, -0.15) is 0 Å². The smallest absolute Gasteiger partial charge is 0.329 e. The largest absolute Gasteiger partial charge is 0.480 e. The maximum atomic E-state index is 13.6. The molecule has 0 saturated heterocycles. The quantitative estimate of drug-likeness (QED) is 0.487. The van der Waals surface area contributed by atoms with Crippen molar-refractivity contribution in [1.82, 2.24) is 28.7 Å². The molecule has 0 unspecified atom stereocenters. The van der Waals surface area contributed by atoms with E-state index in [0.717, 1.165) is 4.57 Å². The van der Waals surface area contributed by atoms with Crippen LogP contribution in [-0.4, -0.2) is 46.0 Å². The minimum Gasteiger partial charge on any atom is -0.480 e. The van der Waals surface area contributed by atoms with Gasteiger partial charge in [-0.05, 0) is 26.0 Å². The third-order valence-corrected chi connectivity index (χ3v) is 5.89. The van der Waals surface area contributed by atoms with Crippen LogP contribution in [0.1, 0.15) is 42.7 Å². The van der Waals surface area contributed by atoms with Gasteiger partial charge in [-0.1, -0.05) is 0 Å². The van der Waals surface area contributed by atoms with Gasteiger partial charge < -0.3 is 10.4 Å². The van der Waals surface area contributed by atoms with Crippen molar-refractivity contribution in [1.29, 1.82) is 0 Å². The monoisotopic (exact) mass is 442 g/mol. The van der Waals surface area contributed by atoms with Gasteiger partial charge in [0.05, 0.1) is 28.9 Å². The molecule has 0 atom stereocenters. The van der Waals surface area contributed by atoms with E-state index in [1.807, 2.05) is 0 Å². The zero-order valence-corrected chi connectivity index (χ0v) is 17.3. The number of carbonyl (C=O) groups is 1. The Labute approximate surface area is 185 Å². The van der Waals surface area contributed by atoms with Gasteiger partial charge in [0.25, 0.3) is 0 Å². The summed E-state index contributed by atoms with van der Waals surface area (Å²) in [5.74, 6) is -0.418. The van der Waals surface area contributed by atoms with Gasteiger partial charge in [0.15, 0.2) is 5.82 Å². The van der Waals surface area contributed by atoms with Crippen LogP contribution in [0.5, 0.6) is 0 Å². The summed E-state index contributed by atoms with van der Waals surface area (Å²) in [4.78, 5) is 33.2. The van der Waals surface area contributed by atoms with Gasteiger partial charge in [-0.3, -0.25) is 13.9 Å². The fourth-order valence-electron chi connectivity index (χ4n) is 4.24. The lowest BCUT2D eigenvalue weighted by Crippen LogP contribution is -2.50. The van der Waals surface area contributed by atoms with Crippen molar-refractivity contribution < 1.29 is 18.4 Å². The van der Waals surface area contributed by atoms with E-state index < -0.39 is 30.2 Å². The summed E-state index contributed by atoms with van der Waals surface area (Å²) in [5, 5.41) is 17.2. The highest BCUT2D eigenvalue weighted by atomic mass is 19.1. The number of hydrogen-bond donors (Lipinski definition) is 2. The summed E-state index contributed by atoms with van der Waals surface area (Å²) in [6, 6.07) is 4.57. The molecule has 32 heavy (non-hydrogen) atoms. The van der Waals surface area contributed by atoms with E-state index in [-0.39, 0.29) is 30.2 Å². The summed E-state index contributed by atoms with van der Waals surface area (Å²) < 4.78 is 40.3. The highest BCUT2D eigenvalue weighted by Crippen LogP contribution is 2.45. The SMILES string of the molecule is [2H]C([2H])([2H])n1c(=O)n(C(C)C)c2cc(Nc3ccc4cnc(C5(C(=O)O)CC(F)C5)n4n3)ncc21. The van der Waals surface area contributed by atoms with Gasteiger partial charge in [0.2, 0.25) is 0 Å². The first-order chi connectivity index (χ1) is 16.4. The third-order valence-electron chi connectivity index (χ3n) is 5.89. The fraction of sp³-hybridized carbons (Fsp3) is 0.381. The third kappa shape index (κ3) is 2.80.